The van der Waals surface area contributed by atoms with Gasteiger partial charge < -0.3 is 10.4 Å². The molecule has 21 heavy (non-hydrogen) atoms. The fourth-order valence-electron chi connectivity index (χ4n) is 3.11. The molecule has 1 atom stereocenters. The highest BCUT2D eigenvalue weighted by molar-refractivity contribution is 7.99. The summed E-state index contributed by atoms with van der Waals surface area (Å²) in [5.41, 5.74) is -0.642. The number of thioether (sulfide) groups is 1. The molecule has 2 N–H and O–H groups in total. The van der Waals surface area contributed by atoms with E-state index >= 15 is 0 Å². The van der Waals surface area contributed by atoms with Gasteiger partial charge in [0.2, 0.25) is 5.91 Å². The van der Waals surface area contributed by atoms with Crippen molar-refractivity contribution in [3.8, 4) is 0 Å². The fourth-order valence-corrected chi connectivity index (χ4v) is 4.41. The van der Waals surface area contributed by atoms with Crippen LogP contribution in [0.5, 0.6) is 0 Å². The van der Waals surface area contributed by atoms with Crippen molar-refractivity contribution < 1.29 is 14.3 Å². The smallest absolute Gasteiger partial charge is 0.230 e. The van der Waals surface area contributed by atoms with E-state index in [0.717, 1.165) is 30.6 Å². The van der Waals surface area contributed by atoms with Crippen molar-refractivity contribution in [2.45, 2.75) is 36.7 Å². The van der Waals surface area contributed by atoms with Gasteiger partial charge in [0.15, 0.2) is 0 Å². The van der Waals surface area contributed by atoms with Gasteiger partial charge in [0, 0.05) is 12.3 Å². The van der Waals surface area contributed by atoms with Crippen molar-refractivity contribution in [3.05, 3.63) is 35.6 Å². The second kappa shape index (κ2) is 5.61. The van der Waals surface area contributed by atoms with Crippen molar-refractivity contribution in [3.63, 3.8) is 0 Å². The molecule has 114 valence electrons. The van der Waals surface area contributed by atoms with Crippen molar-refractivity contribution in [1.82, 2.24) is 5.32 Å². The summed E-state index contributed by atoms with van der Waals surface area (Å²) in [5, 5.41) is 13.2. The van der Waals surface area contributed by atoms with Crippen LogP contribution in [-0.2, 0) is 10.2 Å². The minimum atomic E-state index is -0.785. The lowest BCUT2D eigenvalue weighted by Crippen LogP contribution is -2.53. The Morgan fingerprint density at radius 3 is 2.76 bits per heavy atom. The zero-order valence-electron chi connectivity index (χ0n) is 11.9. The van der Waals surface area contributed by atoms with E-state index in [1.807, 2.05) is 6.07 Å². The molecule has 1 saturated heterocycles. The van der Waals surface area contributed by atoms with Gasteiger partial charge in [0.25, 0.3) is 0 Å². The zero-order chi connectivity index (χ0) is 14.9. The molecule has 0 bridgehead atoms. The van der Waals surface area contributed by atoms with Crippen LogP contribution in [0, 0.1) is 5.82 Å². The van der Waals surface area contributed by atoms with Gasteiger partial charge in [-0.3, -0.25) is 4.79 Å². The highest BCUT2D eigenvalue weighted by atomic mass is 32.2. The first-order valence-electron chi connectivity index (χ1n) is 7.39. The number of carbonyl (C=O) groups excluding carboxylic acids is 1. The Morgan fingerprint density at radius 2 is 2.19 bits per heavy atom. The average Bonchev–Trinajstić information content (AvgIpc) is 2.83. The highest BCUT2D eigenvalue weighted by Crippen LogP contribution is 2.44. The van der Waals surface area contributed by atoms with E-state index in [9.17, 15) is 14.3 Å². The number of amides is 1. The normalized spacial score (nSPS) is 27.1. The second-order valence-corrected chi connectivity index (χ2v) is 7.26. The largest absolute Gasteiger partial charge is 0.387 e. The summed E-state index contributed by atoms with van der Waals surface area (Å²) in [4.78, 5) is 12.6. The Balaban J connectivity index is 1.72. The monoisotopic (exact) mass is 309 g/mol. The van der Waals surface area contributed by atoms with Crippen LogP contribution in [0.25, 0.3) is 0 Å². The summed E-state index contributed by atoms with van der Waals surface area (Å²) in [6.07, 6.45) is 3.18. The molecule has 2 aliphatic rings. The van der Waals surface area contributed by atoms with Gasteiger partial charge in [-0.2, -0.15) is 11.8 Å². The van der Waals surface area contributed by atoms with E-state index in [2.05, 4.69) is 5.32 Å². The third kappa shape index (κ3) is 2.81. The van der Waals surface area contributed by atoms with Crippen molar-refractivity contribution in [2.24, 2.45) is 0 Å². The maximum absolute atomic E-state index is 13.4. The van der Waals surface area contributed by atoms with Gasteiger partial charge in [-0.15, -0.1) is 0 Å². The molecule has 1 heterocycles. The molecule has 3 nitrogen and oxygen atoms in total. The third-order valence-corrected chi connectivity index (χ3v) is 5.91. The number of hydrogen-bond acceptors (Lipinski definition) is 3. The lowest BCUT2D eigenvalue weighted by Gasteiger charge is -2.41. The molecular formula is C16H20FNO2S. The number of aliphatic hydroxyl groups is 1. The molecule has 1 aromatic rings. The predicted molar refractivity (Wildman–Crippen MR) is 81.8 cm³/mol. The van der Waals surface area contributed by atoms with Gasteiger partial charge in [-0.05, 0) is 42.7 Å². The lowest BCUT2D eigenvalue weighted by atomic mass is 9.63. The highest BCUT2D eigenvalue weighted by Gasteiger charge is 2.46. The number of halogens is 1. The van der Waals surface area contributed by atoms with Crippen molar-refractivity contribution in [1.29, 1.82) is 0 Å². The van der Waals surface area contributed by atoms with Crippen molar-refractivity contribution >= 4 is 17.7 Å². The maximum Gasteiger partial charge on any atom is 0.230 e. The zero-order valence-corrected chi connectivity index (χ0v) is 12.7. The summed E-state index contributed by atoms with van der Waals surface area (Å²) < 4.78 is 13.4. The first-order chi connectivity index (χ1) is 10.0. The molecule has 1 aliphatic heterocycles. The first kappa shape index (κ1) is 14.9. The van der Waals surface area contributed by atoms with Crippen LogP contribution in [0.4, 0.5) is 4.39 Å². The summed E-state index contributed by atoms with van der Waals surface area (Å²) in [6, 6.07) is 6.33. The van der Waals surface area contributed by atoms with Crippen LogP contribution in [0.15, 0.2) is 24.3 Å². The number of benzene rings is 1. The molecule has 1 aromatic carbocycles. The number of rotatable bonds is 4. The fraction of sp³-hybridized carbons (Fsp3) is 0.562. The molecule has 1 saturated carbocycles. The van der Waals surface area contributed by atoms with E-state index in [1.165, 1.54) is 12.1 Å². The summed E-state index contributed by atoms with van der Waals surface area (Å²) >= 11 is 1.71. The van der Waals surface area contributed by atoms with E-state index in [0.29, 0.717) is 12.2 Å². The van der Waals surface area contributed by atoms with E-state index < -0.39 is 11.0 Å². The molecule has 5 heteroatoms. The molecule has 2 fully saturated rings. The second-order valence-electron chi connectivity index (χ2n) is 6.16. The molecule has 0 radical (unpaired) electrons. The van der Waals surface area contributed by atoms with Crippen LogP contribution in [0.2, 0.25) is 0 Å². The van der Waals surface area contributed by atoms with Crippen molar-refractivity contribution in [2.75, 3.05) is 18.1 Å². The molecule has 1 amide bonds. The van der Waals surface area contributed by atoms with E-state index in [4.69, 9.17) is 0 Å². The number of carbonyl (C=O) groups is 1. The third-order valence-electron chi connectivity index (χ3n) is 4.68. The average molecular weight is 309 g/mol. The van der Waals surface area contributed by atoms with Gasteiger partial charge >= 0.3 is 0 Å². The predicted octanol–water partition coefficient (Wildman–Crippen LogP) is 2.23. The van der Waals surface area contributed by atoms with Crippen LogP contribution in [-0.4, -0.2) is 34.7 Å². The quantitative estimate of drug-likeness (QED) is 0.897. The SMILES string of the molecule is O=C(NCC1(O)CCSC1)C1(c2cccc(F)c2)CCC1. The van der Waals surface area contributed by atoms with Crippen LogP contribution >= 0.6 is 11.8 Å². The standard InChI is InChI=1S/C16H20FNO2S/c17-13-4-1-3-12(9-13)16(5-2-6-16)14(19)18-10-15(20)7-8-21-11-15/h1,3-4,9,20H,2,5-8,10-11H2,(H,18,19). The molecule has 1 unspecified atom stereocenters. The van der Waals surface area contributed by atoms with Crippen LogP contribution in [0.3, 0.4) is 0 Å². The molecule has 1 aliphatic carbocycles. The number of hydrogen-bond donors (Lipinski definition) is 2. The van der Waals surface area contributed by atoms with Gasteiger partial charge in [-0.1, -0.05) is 18.6 Å². The molecule has 0 aromatic heterocycles. The lowest BCUT2D eigenvalue weighted by molar-refractivity contribution is -0.131. The Kier molecular flexibility index (Phi) is 3.97. The van der Waals surface area contributed by atoms with E-state index in [1.54, 1.807) is 17.8 Å². The van der Waals surface area contributed by atoms with Crippen LogP contribution in [0.1, 0.15) is 31.2 Å². The Morgan fingerprint density at radius 1 is 1.38 bits per heavy atom. The topological polar surface area (TPSA) is 49.3 Å². The summed E-state index contributed by atoms with van der Waals surface area (Å²) in [5.74, 6) is 1.21. The Bertz CT molecular complexity index is 539. The maximum atomic E-state index is 13.4. The molecule has 3 rings (SSSR count). The first-order valence-corrected chi connectivity index (χ1v) is 8.54. The van der Waals surface area contributed by atoms with Crippen LogP contribution < -0.4 is 5.32 Å². The number of nitrogens with one attached hydrogen (secondary N) is 1. The Labute approximate surface area is 128 Å². The van der Waals surface area contributed by atoms with Gasteiger partial charge in [0.05, 0.1) is 11.0 Å². The van der Waals surface area contributed by atoms with Gasteiger partial charge in [0.1, 0.15) is 5.82 Å². The molecular weight excluding hydrogens is 289 g/mol. The minimum absolute atomic E-state index is 0.0790. The minimum Gasteiger partial charge on any atom is -0.387 e. The summed E-state index contributed by atoms with van der Waals surface area (Å²) in [7, 11) is 0. The van der Waals surface area contributed by atoms with E-state index in [-0.39, 0.29) is 18.3 Å². The molecule has 0 spiro atoms. The summed E-state index contributed by atoms with van der Waals surface area (Å²) in [6.45, 7) is 0.288. The van der Waals surface area contributed by atoms with Gasteiger partial charge in [-0.25, -0.2) is 4.39 Å². The Hall–Kier alpha value is -1.07.